The second-order valence-corrected chi connectivity index (χ2v) is 4.67. The van der Waals surface area contributed by atoms with Crippen molar-refractivity contribution in [3.8, 4) is 0 Å². The van der Waals surface area contributed by atoms with E-state index in [0.717, 1.165) is 31.2 Å². The van der Waals surface area contributed by atoms with E-state index in [-0.39, 0.29) is 12.4 Å². The van der Waals surface area contributed by atoms with Gasteiger partial charge in [-0.2, -0.15) is 0 Å². The number of aromatic carboxylic acids is 1. The number of carbonyl (C=O) groups is 1. The van der Waals surface area contributed by atoms with Gasteiger partial charge in [-0.05, 0) is 31.9 Å². The minimum atomic E-state index is -1.04. The largest absolute Gasteiger partial charge is 0.475 e. The van der Waals surface area contributed by atoms with Gasteiger partial charge in [0.05, 0.1) is 0 Å². The predicted molar refractivity (Wildman–Crippen MR) is 75.8 cm³/mol. The third-order valence-corrected chi connectivity index (χ3v) is 3.21. The number of aliphatic hydroxyl groups excluding tert-OH is 1. The average Bonchev–Trinajstić information content (AvgIpc) is 2.82. The minimum absolute atomic E-state index is 0.00839. The van der Waals surface area contributed by atoms with Crippen LogP contribution in [-0.2, 0) is 6.54 Å². The molecule has 0 saturated carbocycles. The Kier molecular flexibility index (Phi) is 5.15. The molecule has 0 radical (unpaired) electrons. The molecule has 108 valence electrons. The number of fused-ring (bicyclic) bond motifs is 1. The number of unbranched alkanes of at least 4 members (excludes halogenated alkanes) is 2. The summed E-state index contributed by atoms with van der Waals surface area (Å²) in [6.45, 7) is 1.48. The lowest BCUT2D eigenvalue weighted by molar-refractivity contribution is 0.0663. The Labute approximate surface area is 117 Å². The number of hydrogen-bond acceptors (Lipinski definition) is 4. The van der Waals surface area contributed by atoms with Gasteiger partial charge >= 0.3 is 5.97 Å². The Morgan fingerprint density at radius 1 is 1.20 bits per heavy atom. The first-order chi connectivity index (χ1) is 9.74. The van der Waals surface area contributed by atoms with Crippen molar-refractivity contribution in [2.45, 2.75) is 25.8 Å². The summed E-state index contributed by atoms with van der Waals surface area (Å²) in [4.78, 5) is 11.2. The lowest BCUT2D eigenvalue weighted by atomic mass is 10.1. The van der Waals surface area contributed by atoms with Crippen molar-refractivity contribution in [3.05, 3.63) is 35.6 Å². The Hall–Kier alpha value is -1.85. The Morgan fingerprint density at radius 3 is 2.75 bits per heavy atom. The maximum absolute atomic E-state index is 11.2. The summed E-state index contributed by atoms with van der Waals surface area (Å²) >= 11 is 0. The fourth-order valence-corrected chi connectivity index (χ4v) is 2.20. The monoisotopic (exact) mass is 277 g/mol. The first-order valence-corrected chi connectivity index (χ1v) is 6.79. The van der Waals surface area contributed by atoms with Crippen LogP contribution in [0.5, 0.6) is 0 Å². The normalized spacial score (nSPS) is 11.1. The molecular formula is C15H19NO4. The number of carboxylic acid groups (broad SMARTS) is 1. The number of furan rings is 1. The lowest BCUT2D eigenvalue weighted by Crippen LogP contribution is -2.16. The highest BCUT2D eigenvalue weighted by Gasteiger charge is 2.18. The molecule has 5 heteroatoms. The standard InChI is InChI=1S/C15H19NO4/c17-9-5-1-4-8-16-10-12-11-6-2-3-7-13(11)20-14(12)15(18)19/h2-3,6-7,16-17H,1,4-5,8-10H2,(H,18,19). The summed E-state index contributed by atoms with van der Waals surface area (Å²) < 4.78 is 5.38. The smallest absolute Gasteiger partial charge is 0.372 e. The molecule has 1 heterocycles. The van der Waals surface area contributed by atoms with Crippen LogP contribution in [0.25, 0.3) is 11.0 Å². The highest BCUT2D eigenvalue weighted by molar-refractivity contribution is 5.95. The van der Waals surface area contributed by atoms with Crippen LogP contribution in [-0.4, -0.2) is 29.3 Å². The molecule has 2 rings (SSSR count). The van der Waals surface area contributed by atoms with Crippen molar-refractivity contribution < 1.29 is 19.4 Å². The molecule has 0 unspecified atom stereocenters. The molecular weight excluding hydrogens is 258 g/mol. The van der Waals surface area contributed by atoms with Crippen LogP contribution in [0.3, 0.4) is 0 Å². The van der Waals surface area contributed by atoms with E-state index in [1.165, 1.54) is 0 Å². The molecule has 2 aromatic rings. The molecule has 0 amide bonds. The molecule has 0 saturated heterocycles. The Morgan fingerprint density at radius 2 is 2.00 bits per heavy atom. The van der Waals surface area contributed by atoms with Crippen LogP contribution >= 0.6 is 0 Å². The molecule has 20 heavy (non-hydrogen) atoms. The van der Waals surface area contributed by atoms with Gasteiger partial charge in [0.15, 0.2) is 0 Å². The van der Waals surface area contributed by atoms with E-state index >= 15 is 0 Å². The number of para-hydroxylation sites is 1. The molecule has 0 aliphatic heterocycles. The lowest BCUT2D eigenvalue weighted by Gasteiger charge is -2.04. The van der Waals surface area contributed by atoms with Crippen LogP contribution in [0.4, 0.5) is 0 Å². The van der Waals surface area contributed by atoms with Gasteiger partial charge in [-0.3, -0.25) is 0 Å². The van der Waals surface area contributed by atoms with Crippen molar-refractivity contribution in [3.63, 3.8) is 0 Å². The van der Waals surface area contributed by atoms with E-state index in [4.69, 9.17) is 9.52 Å². The van der Waals surface area contributed by atoms with E-state index in [1.807, 2.05) is 18.2 Å². The Balaban J connectivity index is 2.04. The van der Waals surface area contributed by atoms with Crippen LogP contribution in [0.2, 0.25) is 0 Å². The van der Waals surface area contributed by atoms with E-state index < -0.39 is 5.97 Å². The molecule has 1 aromatic carbocycles. The van der Waals surface area contributed by atoms with Gasteiger partial charge in [0, 0.05) is 24.1 Å². The number of carboxylic acids is 1. The van der Waals surface area contributed by atoms with Crippen molar-refractivity contribution in [2.75, 3.05) is 13.2 Å². The van der Waals surface area contributed by atoms with Crippen LogP contribution < -0.4 is 5.32 Å². The molecule has 0 bridgehead atoms. The number of rotatable bonds is 8. The van der Waals surface area contributed by atoms with Crippen LogP contribution in [0.15, 0.2) is 28.7 Å². The van der Waals surface area contributed by atoms with E-state index in [2.05, 4.69) is 5.32 Å². The zero-order valence-corrected chi connectivity index (χ0v) is 11.3. The molecule has 0 atom stereocenters. The van der Waals surface area contributed by atoms with Gasteiger partial charge < -0.3 is 19.9 Å². The molecule has 3 N–H and O–H groups in total. The molecule has 0 spiro atoms. The molecule has 1 aromatic heterocycles. The van der Waals surface area contributed by atoms with Crippen molar-refractivity contribution in [1.82, 2.24) is 5.32 Å². The quantitative estimate of drug-likeness (QED) is 0.645. The third kappa shape index (κ3) is 3.37. The zero-order valence-electron chi connectivity index (χ0n) is 11.3. The van der Waals surface area contributed by atoms with Gasteiger partial charge in [-0.15, -0.1) is 0 Å². The first kappa shape index (κ1) is 14.6. The number of nitrogens with one attached hydrogen (secondary N) is 1. The van der Waals surface area contributed by atoms with E-state index in [1.54, 1.807) is 6.07 Å². The predicted octanol–water partition coefficient (Wildman–Crippen LogP) is 2.38. The number of hydrogen-bond donors (Lipinski definition) is 3. The zero-order chi connectivity index (χ0) is 14.4. The fraction of sp³-hybridized carbons (Fsp3) is 0.400. The maximum atomic E-state index is 11.2. The highest BCUT2D eigenvalue weighted by Crippen LogP contribution is 2.25. The SMILES string of the molecule is O=C(O)c1oc2ccccc2c1CNCCCCCO. The van der Waals surface area contributed by atoms with Crippen LogP contribution in [0.1, 0.15) is 35.4 Å². The topological polar surface area (TPSA) is 82.7 Å². The first-order valence-electron chi connectivity index (χ1n) is 6.79. The molecule has 5 nitrogen and oxygen atoms in total. The highest BCUT2D eigenvalue weighted by atomic mass is 16.4. The second kappa shape index (κ2) is 7.07. The molecule has 0 aliphatic rings. The number of aliphatic hydroxyl groups is 1. The summed E-state index contributed by atoms with van der Waals surface area (Å²) in [6.07, 6.45) is 2.72. The summed E-state index contributed by atoms with van der Waals surface area (Å²) in [5.74, 6) is -1.03. The summed E-state index contributed by atoms with van der Waals surface area (Å²) in [5, 5.41) is 22.0. The third-order valence-electron chi connectivity index (χ3n) is 3.21. The minimum Gasteiger partial charge on any atom is -0.475 e. The average molecular weight is 277 g/mol. The van der Waals surface area contributed by atoms with Crippen molar-refractivity contribution >= 4 is 16.9 Å². The van der Waals surface area contributed by atoms with E-state index in [9.17, 15) is 9.90 Å². The van der Waals surface area contributed by atoms with Gasteiger partial charge in [0.1, 0.15) is 5.58 Å². The summed E-state index contributed by atoms with van der Waals surface area (Å²) in [7, 11) is 0. The van der Waals surface area contributed by atoms with Gasteiger partial charge in [-0.25, -0.2) is 4.79 Å². The second-order valence-electron chi connectivity index (χ2n) is 4.67. The van der Waals surface area contributed by atoms with Crippen LogP contribution in [0, 0.1) is 0 Å². The van der Waals surface area contributed by atoms with Gasteiger partial charge in [-0.1, -0.05) is 18.2 Å². The fourth-order valence-electron chi connectivity index (χ4n) is 2.20. The van der Waals surface area contributed by atoms with Crippen molar-refractivity contribution in [1.29, 1.82) is 0 Å². The van der Waals surface area contributed by atoms with Gasteiger partial charge in [0.2, 0.25) is 5.76 Å². The van der Waals surface area contributed by atoms with Gasteiger partial charge in [0.25, 0.3) is 0 Å². The molecule has 0 aliphatic carbocycles. The Bertz CT molecular complexity index is 576. The maximum Gasteiger partial charge on any atom is 0.372 e. The van der Waals surface area contributed by atoms with Crippen molar-refractivity contribution in [2.24, 2.45) is 0 Å². The summed E-state index contributed by atoms with van der Waals surface area (Å²) in [5.41, 5.74) is 1.29. The molecule has 0 fully saturated rings. The van der Waals surface area contributed by atoms with E-state index in [0.29, 0.717) is 17.7 Å². The number of benzene rings is 1. The summed E-state index contributed by atoms with van der Waals surface area (Å²) in [6, 6.07) is 7.33.